The largest absolute Gasteiger partial charge is 0.455 e. The lowest BCUT2D eigenvalue weighted by Crippen LogP contribution is -2.13. The maximum absolute atomic E-state index is 7.60. The molecule has 3 nitrogen and oxygen atoms in total. The zero-order chi connectivity index (χ0) is 14.0. The topological polar surface area (TPSA) is 59.1 Å². The zero-order valence-electron chi connectivity index (χ0n) is 9.58. The average molecular weight is 404 g/mol. The van der Waals surface area contributed by atoms with Crippen molar-refractivity contribution < 1.29 is 4.74 Å². The highest BCUT2D eigenvalue weighted by Crippen LogP contribution is 2.35. The van der Waals surface area contributed by atoms with E-state index < -0.39 is 0 Å². The van der Waals surface area contributed by atoms with Crippen molar-refractivity contribution in [3.05, 3.63) is 55.9 Å². The Morgan fingerprint density at radius 2 is 1.89 bits per heavy atom. The second-order valence-electron chi connectivity index (χ2n) is 3.70. The van der Waals surface area contributed by atoms with Gasteiger partial charge in [0, 0.05) is 8.95 Å². The summed E-state index contributed by atoms with van der Waals surface area (Å²) in [5, 5.41) is 8.09. The van der Waals surface area contributed by atoms with Gasteiger partial charge in [-0.05, 0) is 46.3 Å². The number of nitrogen functional groups attached to an aromatic ring is 1. The molecular weight excluding hydrogens is 395 g/mol. The van der Waals surface area contributed by atoms with Crippen LogP contribution in [0.3, 0.4) is 0 Å². The number of rotatable bonds is 3. The van der Waals surface area contributed by atoms with Crippen molar-refractivity contribution in [3.63, 3.8) is 0 Å². The molecule has 0 radical (unpaired) electrons. The molecule has 19 heavy (non-hydrogen) atoms. The molecule has 0 heterocycles. The van der Waals surface area contributed by atoms with Gasteiger partial charge in [0.2, 0.25) is 0 Å². The summed E-state index contributed by atoms with van der Waals surface area (Å²) >= 11 is 12.8. The normalized spacial score (nSPS) is 10.3. The number of nitrogens with two attached hydrogens (primary N) is 1. The molecule has 0 spiro atoms. The van der Waals surface area contributed by atoms with Crippen molar-refractivity contribution >= 4 is 49.3 Å². The zero-order valence-corrected chi connectivity index (χ0v) is 13.5. The number of hydrogen-bond acceptors (Lipinski definition) is 2. The molecule has 2 rings (SSSR count). The number of ether oxygens (including phenoxy) is 1. The molecule has 0 unspecified atom stereocenters. The van der Waals surface area contributed by atoms with Gasteiger partial charge in [0.15, 0.2) is 0 Å². The highest BCUT2D eigenvalue weighted by atomic mass is 79.9. The van der Waals surface area contributed by atoms with Gasteiger partial charge in [0.1, 0.15) is 17.3 Å². The smallest absolute Gasteiger partial charge is 0.147 e. The number of halogens is 3. The second-order valence-corrected chi connectivity index (χ2v) is 5.88. The molecule has 2 aromatic rings. The predicted octanol–water partition coefficient (Wildman–Crippen LogP) is 4.94. The summed E-state index contributed by atoms with van der Waals surface area (Å²) in [7, 11) is 0. The Bertz CT molecular complexity index is 647. The highest BCUT2D eigenvalue weighted by Gasteiger charge is 2.13. The second kappa shape index (κ2) is 5.94. The molecule has 98 valence electrons. The molecule has 0 atom stereocenters. The molecule has 0 aromatic heterocycles. The van der Waals surface area contributed by atoms with Crippen LogP contribution in [-0.4, -0.2) is 5.84 Å². The fraction of sp³-hybridized carbons (Fsp3) is 0. The Morgan fingerprint density at radius 1 is 1.16 bits per heavy atom. The summed E-state index contributed by atoms with van der Waals surface area (Å²) in [6.07, 6.45) is 0. The van der Waals surface area contributed by atoms with Crippen LogP contribution in [-0.2, 0) is 0 Å². The van der Waals surface area contributed by atoms with E-state index in [0.29, 0.717) is 26.6 Å². The van der Waals surface area contributed by atoms with Crippen LogP contribution < -0.4 is 10.5 Å². The molecule has 0 aliphatic carbocycles. The fourth-order valence-corrected chi connectivity index (χ4v) is 2.58. The van der Waals surface area contributed by atoms with E-state index in [1.54, 1.807) is 30.3 Å². The Morgan fingerprint density at radius 3 is 2.58 bits per heavy atom. The standard InChI is InChI=1S/C13H9Br2ClN2O/c14-7-4-5-9(16)11(6-7)19-10-3-1-2-8(15)12(10)13(17)18/h1-6H,(H3,17,18). The quantitative estimate of drug-likeness (QED) is 0.562. The van der Waals surface area contributed by atoms with Gasteiger partial charge in [0.25, 0.3) is 0 Å². The average Bonchev–Trinajstić information content (AvgIpc) is 2.33. The summed E-state index contributed by atoms with van der Waals surface area (Å²) in [6, 6.07) is 10.6. The minimum atomic E-state index is -0.0754. The van der Waals surface area contributed by atoms with E-state index >= 15 is 0 Å². The first-order chi connectivity index (χ1) is 8.99. The van der Waals surface area contributed by atoms with Gasteiger partial charge >= 0.3 is 0 Å². The molecule has 0 bridgehead atoms. The van der Waals surface area contributed by atoms with Crippen LogP contribution in [0.5, 0.6) is 11.5 Å². The lowest BCUT2D eigenvalue weighted by molar-refractivity contribution is 0.481. The van der Waals surface area contributed by atoms with E-state index in [1.165, 1.54) is 0 Å². The lowest BCUT2D eigenvalue weighted by atomic mass is 10.2. The third-order valence-electron chi connectivity index (χ3n) is 2.36. The molecule has 3 N–H and O–H groups in total. The molecule has 6 heteroatoms. The Hall–Kier alpha value is -1.04. The first kappa shape index (κ1) is 14.4. The minimum absolute atomic E-state index is 0.0754. The van der Waals surface area contributed by atoms with Gasteiger partial charge in [0.05, 0.1) is 10.6 Å². The predicted molar refractivity (Wildman–Crippen MR) is 84.4 cm³/mol. The summed E-state index contributed by atoms with van der Waals surface area (Å²) in [4.78, 5) is 0. The molecule has 0 aliphatic rings. The van der Waals surface area contributed by atoms with Crippen molar-refractivity contribution in [1.82, 2.24) is 0 Å². The number of hydrogen-bond donors (Lipinski definition) is 2. The van der Waals surface area contributed by atoms with Crippen LogP contribution in [0.1, 0.15) is 5.56 Å². The first-order valence-electron chi connectivity index (χ1n) is 5.25. The molecule has 0 saturated heterocycles. The van der Waals surface area contributed by atoms with E-state index in [4.69, 9.17) is 27.5 Å². The third-order valence-corrected chi connectivity index (χ3v) is 3.82. The maximum atomic E-state index is 7.60. The van der Waals surface area contributed by atoms with Crippen molar-refractivity contribution in [1.29, 1.82) is 5.41 Å². The van der Waals surface area contributed by atoms with Crippen molar-refractivity contribution in [2.45, 2.75) is 0 Å². The van der Waals surface area contributed by atoms with Gasteiger partial charge in [-0.15, -0.1) is 0 Å². The van der Waals surface area contributed by atoms with Gasteiger partial charge < -0.3 is 10.5 Å². The van der Waals surface area contributed by atoms with Crippen LogP contribution in [0.4, 0.5) is 0 Å². The molecular formula is C13H9Br2ClN2O. The summed E-state index contributed by atoms with van der Waals surface area (Å²) in [5.74, 6) is 0.895. The van der Waals surface area contributed by atoms with Crippen molar-refractivity contribution in [2.24, 2.45) is 5.73 Å². The molecule has 0 amide bonds. The van der Waals surface area contributed by atoms with E-state index in [1.807, 2.05) is 6.07 Å². The monoisotopic (exact) mass is 402 g/mol. The van der Waals surface area contributed by atoms with Crippen LogP contribution in [0.15, 0.2) is 45.3 Å². The number of benzene rings is 2. The van der Waals surface area contributed by atoms with Crippen LogP contribution in [0.2, 0.25) is 5.02 Å². The molecule has 0 fully saturated rings. The van der Waals surface area contributed by atoms with E-state index in [9.17, 15) is 0 Å². The SMILES string of the molecule is N=C(N)c1c(Br)cccc1Oc1cc(Br)ccc1Cl. The Balaban J connectivity index is 2.46. The van der Waals surface area contributed by atoms with Crippen molar-refractivity contribution in [3.8, 4) is 11.5 Å². The van der Waals surface area contributed by atoms with E-state index in [2.05, 4.69) is 31.9 Å². The molecule has 0 saturated carbocycles. The van der Waals surface area contributed by atoms with Gasteiger partial charge in [-0.1, -0.05) is 33.6 Å². The minimum Gasteiger partial charge on any atom is -0.455 e. The fourth-order valence-electron chi connectivity index (χ4n) is 1.52. The van der Waals surface area contributed by atoms with E-state index in [-0.39, 0.29) is 5.84 Å². The van der Waals surface area contributed by atoms with Gasteiger partial charge in [-0.2, -0.15) is 0 Å². The summed E-state index contributed by atoms with van der Waals surface area (Å²) in [5.41, 5.74) is 6.07. The summed E-state index contributed by atoms with van der Waals surface area (Å²) in [6.45, 7) is 0. The summed E-state index contributed by atoms with van der Waals surface area (Å²) < 4.78 is 7.30. The van der Waals surface area contributed by atoms with Crippen molar-refractivity contribution in [2.75, 3.05) is 0 Å². The molecule has 0 aliphatic heterocycles. The molecule has 2 aromatic carbocycles. The van der Waals surface area contributed by atoms with E-state index in [0.717, 1.165) is 4.47 Å². The number of nitrogens with one attached hydrogen (secondary N) is 1. The third kappa shape index (κ3) is 3.29. The van der Waals surface area contributed by atoms with Crippen LogP contribution in [0, 0.1) is 5.41 Å². The van der Waals surface area contributed by atoms with Crippen LogP contribution >= 0.6 is 43.5 Å². The van der Waals surface area contributed by atoms with Crippen LogP contribution in [0.25, 0.3) is 0 Å². The van der Waals surface area contributed by atoms with Gasteiger partial charge in [-0.25, -0.2) is 0 Å². The Labute approximate surface area is 132 Å². The number of amidine groups is 1. The first-order valence-corrected chi connectivity index (χ1v) is 7.21. The Kier molecular flexibility index (Phi) is 4.50. The van der Waals surface area contributed by atoms with Gasteiger partial charge in [-0.3, -0.25) is 5.41 Å². The highest BCUT2D eigenvalue weighted by molar-refractivity contribution is 9.10. The maximum Gasteiger partial charge on any atom is 0.147 e. The lowest BCUT2D eigenvalue weighted by Gasteiger charge is -2.13.